The first-order valence-electron chi connectivity index (χ1n) is 9.99. The zero-order valence-electron chi connectivity index (χ0n) is 16.7. The van der Waals surface area contributed by atoms with E-state index in [1.54, 1.807) is 24.3 Å². The van der Waals surface area contributed by atoms with Crippen LogP contribution in [0.2, 0.25) is 5.02 Å². The van der Waals surface area contributed by atoms with Gasteiger partial charge < -0.3 is 15.0 Å². The van der Waals surface area contributed by atoms with E-state index in [1.165, 1.54) is 0 Å². The van der Waals surface area contributed by atoms with Gasteiger partial charge in [-0.15, -0.1) is 0 Å². The van der Waals surface area contributed by atoms with Crippen LogP contribution in [-0.4, -0.2) is 21.6 Å². The number of benzene rings is 3. The first-order chi connectivity index (χ1) is 15.0. The molecule has 4 aromatic rings. The van der Waals surface area contributed by atoms with Gasteiger partial charge in [-0.3, -0.25) is 9.59 Å². The minimum Gasteiger partial charge on any atom is -0.481 e. The maximum atomic E-state index is 12.6. The molecule has 31 heavy (non-hydrogen) atoms. The number of nitrogens with one attached hydrogen (secondary N) is 1. The summed E-state index contributed by atoms with van der Waals surface area (Å²) in [5, 5.41) is 13.3. The van der Waals surface area contributed by atoms with Crippen LogP contribution in [0.15, 0.2) is 78.9 Å². The van der Waals surface area contributed by atoms with E-state index in [-0.39, 0.29) is 12.3 Å². The summed E-state index contributed by atoms with van der Waals surface area (Å²) in [4.78, 5) is 23.6. The van der Waals surface area contributed by atoms with Crippen LogP contribution in [0.3, 0.4) is 0 Å². The van der Waals surface area contributed by atoms with Gasteiger partial charge in [-0.05, 0) is 48.4 Å². The summed E-state index contributed by atoms with van der Waals surface area (Å²) in [6, 6.07) is 24.7. The molecule has 1 amide bonds. The average Bonchev–Trinajstić information content (AvgIpc) is 3.12. The van der Waals surface area contributed by atoms with E-state index in [1.807, 2.05) is 48.5 Å². The number of carboxylic acids is 1. The fourth-order valence-electron chi connectivity index (χ4n) is 3.67. The number of carbonyl (C=O) groups is 2. The van der Waals surface area contributed by atoms with Crippen molar-refractivity contribution in [3.63, 3.8) is 0 Å². The van der Waals surface area contributed by atoms with Crippen molar-refractivity contribution < 1.29 is 14.7 Å². The van der Waals surface area contributed by atoms with Gasteiger partial charge in [-0.2, -0.15) is 0 Å². The standard InChI is InChI=1S/C25H21ClN2O3/c26-21-10-5-4-9-20(21)25(31)27-19-12-13-22-18(15-19)16-23(17-7-2-1-3-8-17)28(22)14-6-11-24(29)30/h1-5,7-10,12-13,15-16H,6,11,14H2,(H,27,31)(H,29,30). The molecule has 2 N–H and O–H groups in total. The van der Waals surface area contributed by atoms with E-state index < -0.39 is 5.97 Å². The van der Waals surface area contributed by atoms with Crippen molar-refractivity contribution in [2.45, 2.75) is 19.4 Å². The molecule has 0 spiro atoms. The van der Waals surface area contributed by atoms with Crippen LogP contribution in [0.1, 0.15) is 23.2 Å². The lowest BCUT2D eigenvalue weighted by molar-refractivity contribution is -0.137. The zero-order valence-corrected chi connectivity index (χ0v) is 17.5. The number of fused-ring (bicyclic) bond motifs is 1. The maximum Gasteiger partial charge on any atom is 0.303 e. The third-order valence-electron chi connectivity index (χ3n) is 5.12. The fraction of sp³-hybridized carbons (Fsp3) is 0.120. The molecular formula is C25H21ClN2O3. The molecule has 0 aliphatic carbocycles. The monoisotopic (exact) mass is 432 g/mol. The van der Waals surface area contributed by atoms with Gasteiger partial charge in [0.1, 0.15) is 0 Å². The van der Waals surface area contributed by atoms with E-state index in [0.29, 0.717) is 29.2 Å². The average molecular weight is 433 g/mol. The van der Waals surface area contributed by atoms with Crippen LogP contribution in [0.25, 0.3) is 22.2 Å². The van der Waals surface area contributed by atoms with Crippen LogP contribution in [0, 0.1) is 0 Å². The van der Waals surface area contributed by atoms with Crippen molar-refractivity contribution in [2.75, 3.05) is 5.32 Å². The molecule has 4 rings (SSSR count). The van der Waals surface area contributed by atoms with Gasteiger partial charge in [0, 0.05) is 35.2 Å². The molecule has 6 heteroatoms. The Morgan fingerprint density at radius 1 is 0.935 bits per heavy atom. The smallest absolute Gasteiger partial charge is 0.303 e. The Balaban J connectivity index is 1.68. The van der Waals surface area contributed by atoms with Gasteiger partial charge in [0.15, 0.2) is 0 Å². The molecule has 0 saturated heterocycles. The van der Waals surface area contributed by atoms with Crippen molar-refractivity contribution in [3.8, 4) is 11.3 Å². The predicted molar refractivity (Wildman–Crippen MR) is 124 cm³/mol. The number of halogens is 1. The second-order valence-corrected chi connectivity index (χ2v) is 7.66. The summed E-state index contributed by atoms with van der Waals surface area (Å²) < 4.78 is 2.13. The minimum atomic E-state index is -0.803. The van der Waals surface area contributed by atoms with Crippen molar-refractivity contribution in [3.05, 3.63) is 89.4 Å². The molecule has 0 bridgehead atoms. The summed E-state index contributed by atoms with van der Waals surface area (Å²) in [6.07, 6.45) is 0.643. The predicted octanol–water partition coefficient (Wildman–Crippen LogP) is 6.08. The Morgan fingerprint density at radius 3 is 2.42 bits per heavy atom. The van der Waals surface area contributed by atoms with E-state index in [0.717, 1.165) is 22.2 Å². The normalized spacial score (nSPS) is 10.9. The summed E-state index contributed by atoms with van der Waals surface area (Å²) in [7, 11) is 0. The summed E-state index contributed by atoms with van der Waals surface area (Å²) in [6.45, 7) is 0.589. The number of amides is 1. The molecule has 0 fully saturated rings. The number of nitrogens with zero attached hydrogens (tertiary/aromatic N) is 1. The highest BCUT2D eigenvalue weighted by Crippen LogP contribution is 2.31. The number of carboxylic acid groups (broad SMARTS) is 1. The van der Waals surface area contributed by atoms with E-state index in [9.17, 15) is 9.59 Å². The number of carbonyl (C=O) groups excluding carboxylic acids is 1. The van der Waals surface area contributed by atoms with Crippen molar-refractivity contribution in [1.29, 1.82) is 0 Å². The Morgan fingerprint density at radius 2 is 1.68 bits per heavy atom. The molecule has 1 heterocycles. The Labute approximate surface area is 184 Å². The van der Waals surface area contributed by atoms with Gasteiger partial charge in [0.25, 0.3) is 5.91 Å². The molecule has 0 atom stereocenters. The van der Waals surface area contributed by atoms with Gasteiger partial charge >= 0.3 is 5.97 Å². The van der Waals surface area contributed by atoms with Crippen LogP contribution in [0.4, 0.5) is 5.69 Å². The number of rotatable bonds is 7. The molecule has 0 unspecified atom stereocenters. The number of hydrogen-bond acceptors (Lipinski definition) is 2. The van der Waals surface area contributed by atoms with E-state index in [2.05, 4.69) is 16.0 Å². The third kappa shape index (κ3) is 4.62. The second kappa shape index (κ2) is 9.06. The highest BCUT2D eigenvalue weighted by atomic mass is 35.5. The molecule has 5 nitrogen and oxygen atoms in total. The molecule has 0 aliphatic heterocycles. The topological polar surface area (TPSA) is 71.3 Å². The Hall–Kier alpha value is -3.57. The van der Waals surface area contributed by atoms with Crippen LogP contribution >= 0.6 is 11.6 Å². The van der Waals surface area contributed by atoms with Crippen molar-refractivity contribution in [1.82, 2.24) is 4.57 Å². The minimum absolute atomic E-state index is 0.111. The van der Waals surface area contributed by atoms with Gasteiger partial charge in [0.05, 0.1) is 10.6 Å². The van der Waals surface area contributed by atoms with E-state index >= 15 is 0 Å². The molecule has 156 valence electrons. The Kier molecular flexibility index (Phi) is 6.05. The van der Waals surface area contributed by atoms with Crippen LogP contribution in [0.5, 0.6) is 0 Å². The number of aliphatic carboxylic acids is 1. The molecule has 0 radical (unpaired) electrons. The number of aromatic nitrogens is 1. The van der Waals surface area contributed by atoms with Crippen LogP contribution < -0.4 is 5.32 Å². The van der Waals surface area contributed by atoms with Gasteiger partial charge in [0.2, 0.25) is 0 Å². The maximum absolute atomic E-state index is 12.6. The third-order valence-corrected chi connectivity index (χ3v) is 5.45. The SMILES string of the molecule is O=C(O)CCCn1c(-c2ccccc2)cc2cc(NC(=O)c3ccccc3Cl)ccc21. The van der Waals surface area contributed by atoms with Crippen molar-refractivity contribution in [2.24, 2.45) is 0 Å². The quantitative estimate of drug-likeness (QED) is 0.371. The first kappa shape index (κ1) is 20.7. The lowest BCUT2D eigenvalue weighted by Gasteiger charge is -2.11. The number of hydrogen-bond donors (Lipinski definition) is 2. The lowest BCUT2D eigenvalue weighted by atomic mass is 10.1. The highest BCUT2D eigenvalue weighted by Gasteiger charge is 2.14. The summed E-state index contributed by atoms with van der Waals surface area (Å²) >= 11 is 6.14. The summed E-state index contributed by atoms with van der Waals surface area (Å²) in [5.74, 6) is -1.07. The van der Waals surface area contributed by atoms with Crippen molar-refractivity contribution >= 4 is 40.1 Å². The van der Waals surface area contributed by atoms with E-state index in [4.69, 9.17) is 16.7 Å². The molecule has 0 saturated carbocycles. The highest BCUT2D eigenvalue weighted by molar-refractivity contribution is 6.34. The largest absolute Gasteiger partial charge is 0.481 e. The van der Waals surface area contributed by atoms with Gasteiger partial charge in [-0.25, -0.2) is 0 Å². The summed E-state index contributed by atoms with van der Waals surface area (Å²) in [5.41, 5.74) is 4.13. The number of anilines is 1. The Bertz CT molecular complexity index is 1250. The van der Waals surface area contributed by atoms with Gasteiger partial charge in [-0.1, -0.05) is 54.1 Å². The number of aryl methyl sites for hydroxylation is 1. The molecule has 3 aromatic carbocycles. The lowest BCUT2D eigenvalue weighted by Crippen LogP contribution is -2.12. The first-order valence-corrected chi connectivity index (χ1v) is 10.4. The second-order valence-electron chi connectivity index (χ2n) is 7.25. The molecular weight excluding hydrogens is 412 g/mol. The molecule has 0 aliphatic rings. The molecule has 1 aromatic heterocycles. The fourth-order valence-corrected chi connectivity index (χ4v) is 3.89. The zero-order chi connectivity index (χ0) is 21.8. The van der Waals surface area contributed by atoms with Crippen LogP contribution in [-0.2, 0) is 11.3 Å².